The van der Waals surface area contributed by atoms with E-state index in [9.17, 15) is 23.3 Å². The van der Waals surface area contributed by atoms with E-state index in [2.05, 4.69) is 4.74 Å². The van der Waals surface area contributed by atoms with E-state index >= 15 is 0 Å². The van der Waals surface area contributed by atoms with Crippen molar-refractivity contribution in [3.63, 3.8) is 0 Å². The minimum Gasteiger partial charge on any atom is -0.489 e. The molecule has 0 aliphatic rings. The quantitative estimate of drug-likeness (QED) is 0.472. The summed E-state index contributed by atoms with van der Waals surface area (Å²) >= 11 is 0. The standard InChI is InChI=1S/C10H12N2O7S/c1-3-19-10(13)6-4-7(12(14)15)9(18-2)8(5-6)20(11,16)17/h4-5H,3H2,1-2H3,(H2,11,16,17). The number of sulfonamides is 1. The minimum atomic E-state index is -4.31. The SMILES string of the molecule is CCOC(=O)c1cc([N+](=O)[O-])c(OC)c(S(N)(=O)=O)c1. The maximum absolute atomic E-state index is 11.6. The molecule has 110 valence electrons. The molecule has 0 unspecified atom stereocenters. The van der Waals surface area contributed by atoms with Gasteiger partial charge in [0.15, 0.2) is 0 Å². The van der Waals surface area contributed by atoms with Crippen LogP contribution in [0.25, 0.3) is 0 Å². The number of esters is 1. The Morgan fingerprint density at radius 3 is 2.45 bits per heavy atom. The lowest BCUT2D eigenvalue weighted by molar-refractivity contribution is -0.386. The Morgan fingerprint density at radius 2 is 2.05 bits per heavy atom. The van der Waals surface area contributed by atoms with Crippen LogP contribution < -0.4 is 9.88 Å². The van der Waals surface area contributed by atoms with Crippen LogP contribution in [-0.2, 0) is 14.8 Å². The summed E-state index contributed by atoms with van der Waals surface area (Å²) in [6, 6.07) is 1.74. The summed E-state index contributed by atoms with van der Waals surface area (Å²) in [5, 5.41) is 15.9. The number of benzene rings is 1. The lowest BCUT2D eigenvalue weighted by Gasteiger charge is -2.09. The first-order valence-corrected chi connectivity index (χ1v) is 6.83. The summed E-state index contributed by atoms with van der Waals surface area (Å²) in [6.07, 6.45) is 0. The number of carbonyl (C=O) groups is 1. The van der Waals surface area contributed by atoms with Crippen LogP contribution in [0.4, 0.5) is 5.69 Å². The van der Waals surface area contributed by atoms with Crippen molar-refractivity contribution >= 4 is 21.7 Å². The van der Waals surface area contributed by atoms with Gasteiger partial charge in [-0.1, -0.05) is 0 Å². The Labute approximate surface area is 114 Å². The summed E-state index contributed by atoms with van der Waals surface area (Å²) in [4.78, 5) is 21.0. The van der Waals surface area contributed by atoms with Crippen molar-refractivity contribution in [2.45, 2.75) is 11.8 Å². The normalized spacial score (nSPS) is 10.9. The van der Waals surface area contributed by atoms with Crippen LogP contribution in [0.2, 0.25) is 0 Å². The number of nitrogens with zero attached hydrogens (tertiary/aromatic N) is 1. The lowest BCUT2D eigenvalue weighted by atomic mass is 10.2. The summed E-state index contributed by atoms with van der Waals surface area (Å²) in [6.45, 7) is 1.57. The fourth-order valence-electron chi connectivity index (χ4n) is 1.47. The number of nitrogens with two attached hydrogens (primary N) is 1. The van der Waals surface area contributed by atoms with Crippen molar-refractivity contribution in [3.05, 3.63) is 27.8 Å². The van der Waals surface area contributed by atoms with Gasteiger partial charge < -0.3 is 9.47 Å². The first-order valence-electron chi connectivity index (χ1n) is 5.28. The highest BCUT2D eigenvalue weighted by Gasteiger charge is 2.28. The van der Waals surface area contributed by atoms with Crippen LogP contribution in [-0.4, -0.2) is 33.0 Å². The molecule has 1 rings (SSSR count). The van der Waals surface area contributed by atoms with Gasteiger partial charge in [0.1, 0.15) is 4.90 Å². The molecule has 20 heavy (non-hydrogen) atoms. The van der Waals surface area contributed by atoms with Crippen LogP contribution in [0.1, 0.15) is 17.3 Å². The second kappa shape index (κ2) is 5.84. The van der Waals surface area contributed by atoms with Crippen LogP contribution in [0.3, 0.4) is 0 Å². The van der Waals surface area contributed by atoms with E-state index in [-0.39, 0.29) is 12.2 Å². The van der Waals surface area contributed by atoms with Gasteiger partial charge >= 0.3 is 11.7 Å². The third kappa shape index (κ3) is 3.22. The van der Waals surface area contributed by atoms with Gasteiger partial charge in [-0.25, -0.2) is 18.4 Å². The maximum Gasteiger partial charge on any atom is 0.338 e. The second-order valence-corrected chi connectivity index (χ2v) is 5.08. The fraction of sp³-hybridized carbons (Fsp3) is 0.300. The Bertz CT molecular complexity index is 654. The summed E-state index contributed by atoms with van der Waals surface area (Å²) in [5.41, 5.74) is -0.995. The van der Waals surface area contributed by atoms with Gasteiger partial charge in [0, 0.05) is 6.07 Å². The molecule has 0 heterocycles. The van der Waals surface area contributed by atoms with Crippen molar-refractivity contribution < 1.29 is 27.6 Å². The third-order valence-corrected chi connectivity index (χ3v) is 3.17. The summed E-state index contributed by atoms with van der Waals surface area (Å²) in [7, 11) is -3.25. The van der Waals surface area contributed by atoms with Gasteiger partial charge in [0.2, 0.25) is 15.8 Å². The number of rotatable bonds is 5. The van der Waals surface area contributed by atoms with Crippen molar-refractivity contribution in [2.75, 3.05) is 13.7 Å². The monoisotopic (exact) mass is 304 g/mol. The first-order chi connectivity index (χ1) is 9.22. The lowest BCUT2D eigenvalue weighted by Crippen LogP contribution is -2.16. The number of carbonyl (C=O) groups excluding carboxylic acids is 1. The van der Waals surface area contributed by atoms with Gasteiger partial charge in [-0.3, -0.25) is 10.1 Å². The van der Waals surface area contributed by atoms with Crippen LogP contribution in [0.5, 0.6) is 5.75 Å². The molecule has 1 aromatic rings. The molecule has 2 N–H and O–H groups in total. The largest absolute Gasteiger partial charge is 0.489 e. The van der Waals surface area contributed by atoms with E-state index in [0.29, 0.717) is 0 Å². The number of nitro groups is 1. The molecular formula is C10H12N2O7S. The summed E-state index contributed by atoms with van der Waals surface area (Å²) in [5.74, 6) is -1.44. The van der Waals surface area contributed by atoms with Crippen molar-refractivity contribution in [3.8, 4) is 5.75 Å². The highest BCUT2D eigenvalue weighted by molar-refractivity contribution is 7.89. The number of hydrogen-bond donors (Lipinski definition) is 1. The van der Waals surface area contributed by atoms with Gasteiger partial charge in [-0.05, 0) is 13.0 Å². The molecule has 0 saturated carbocycles. The zero-order valence-corrected chi connectivity index (χ0v) is 11.5. The molecule has 10 heteroatoms. The molecule has 9 nitrogen and oxygen atoms in total. The highest BCUT2D eigenvalue weighted by Crippen LogP contribution is 2.35. The topological polar surface area (TPSA) is 139 Å². The average Bonchev–Trinajstić information content (AvgIpc) is 2.36. The van der Waals surface area contributed by atoms with E-state index in [1.54, 1.807) is 0 Å². The molecule has 0 atom stereocenters. The van der Waals surface area contributed by atoms with Crippen molar-refractivity contribution in [1.82, 2.24) is 0 Å². The maximum atomic E-state index is 11.6. The van der Waals surface area contributed by atoms with Crippen molar-refractivity contribution in [2.24, 2.45) is 5.14 Å². The van der Waals surface area contributed by atoms with Gasteiger partial charge in [0.25, 0.3) is 0 Å². The van der Waals surface area contributed by atoms with E-state index in [1.807, 2.05) is 0 Å². The summed E-state index contributed by atoms with van der Waals surface area (Å²) < 4.78 is 32.3. The third-order valence-electron chi connectivity index (χ3n) is 2.25. The Balaban J connectivity index is 3.65. The zero-order valence-electron chi connectivity index (χ0n) is 10.7. The number of hydrogen-bond acceptors (Lipinski definition) is 7. The molecular weight excluding hydrogens is 292 g/mol. The van der Waals surface area contributed by atoms with Gasteiger partial charge in [-0.15, -0.1) is 0 Å². The molecule has 0 bridgehead atoms. The van der Waals surface area contributed by atoms with E-state index in [0.717, 1.165) is 19.2 Å². The predicted octanol–water partition coefficient (Wildman–Crippen LogP) is 0.428. The molecule has 0 amide bonds. The minimum absolute atomic E-state index is 0.0311. The highest BCUT2D eigenvalue weighted by atomic mass is 32.2. The molecule has 0 aliphatic heterocycles. The molecule has 0 fully saturated rings. The zero-order chi connectivity index (χ0) is 15.5. The number of primary sulfonamides is 1. The predicted molar refractivity (Wildman–Crippen MR) is 67.0 cm³/mol. The van der Waals surface area contributed by atoms with E-state index in [1.165, 1.54) is 6.92 Å². The molecule has 1 aromatic carbocycles. The van der Waals surface area contributed by atoms with Gasteiger partial charge in [0.05, 0.1) is 24.2 Å². The van der Waals surface area contributed by atoms with Crippen LogP contribution >= 0.6 is 0 Å². The van der Waals surface area contributed by atoms with E-state index in [4.69, 9.17) is 9.88 Å². The molecule has 0 aromatic heterocycles. The number of methoxy groups -OCH3 is 1. The van der Waals surface area contributed by atoms with Crippen molar-refractivity contribution in [1.29, 1.82) is 0 Å². The van der Waals surface area contributed by atoms with Crippen LogP contribution in [0.15, 0.2) is 17.0 Å². The van der Waals surface area contributed by atoms with Crippen LogP contribution in [0, 0.1) is 10.1 Å². The smallest absolute Gasteiger partial charge is 0.338 e. The number of ether oxygens (including phenoxy) is 2. The molecule has 0 saturated heterocycles. The fourth-order valence-corrected chi connectivity index (χ4v) is 2.21. The Hall–Kier alpha value is -2.20. The molecule has 0 radical (unpaired) electrons. The van der Waals surface area contributed by atoms with Gasteiger partial charge in [-0.2, -0.15) is 0 Å². The van der Waals surface area contributed by atoms with E-state index < -0.39 is 37.2 Å². The second-order valence-electron chi connectivity index (χ2n) is 3.55. The first kappa shape index (κ1) is 15.9. The molecule has 0 aliphatic carbocycles. The average molecular weight is 304 g/mol. The Kier molecular flexibility index (Phi) is 4.63. The molecule has 0 spiro atoms. The Morgan fingerprint density at radius 1 is 1.45 bits per heavy atom. The number of nitro benzene ring substituents is 1.